The summed E-state index contributed by atoms with van der Waals surface area (Å²) < 4.78 is 56.1. The highest BCUT2D eigenvalue weighted by Crippen LogP contribution is 2.49. The number of hydrogen-bond acceptors (Lipinski definition) is 3. The standard InChI is InChI=1S/C20H20F4N2O2/c1-13-4-3-5-16(17(13)25-12-27)18(2,14-6-8-15(28)9-7-14)26-10-19(21,22)20(23,24)11-26/h3-9,12,28H,10-11H2,1-2H3,(H,25,27). The largest absolute Gasteiger partial charge is 0.508 e. The van der Waals surface area contributed by atoms with Crippen molar-refractivity contribution in [2.75, 3.05) is 18.4 Å². The first-order chi connectivity index (χ1) is 13.0. The first-order valence-electron chi connectivity index (χ1n) is 8.63. The van der Waals surface area contributed by atoms with Crippen LogP contribution in [0.1, 0.15) is 23.6 Å². The van der Waals surface area contributed by atoms with Gasteiger partial charge in [-0.1, -0.05) is 30.3 Å². The third-order valence-electron chi connectivity index (χ3n) is 5.38. The van der Waals surface area contributed by atoms with Crippen LogP contribution >= 0.6 is 0 Å². The molecule has 4 nitrogen and oxygen atoms in total. The molecule has 1 amide bonds. The summed E-state index contributed by atoms with van der Waals surface area (Å²) in [6.07, 6.45) is 0.455. The molecule has 2 aromatic carbocycles. The molecular formula is C20H20F4N2O2. The van der Waals surface area contributed by atoms with Gasteiger partial charge in [0.2, 0.25) is 6.41 Å². The third-order valence-corrected chi connectivity index (χ3v) is 5.38. The van der Waals surface area contributed by atoms with Gasteiger partial charge in [-0.15, -0.1) is 0 Å². The van der Waals surface area contributed by atoms with E-state index in [1.165, 1.54) is 24.3 Å². The van der Waals surface area contributed by atoms with Crippen LogP contribution in [0.15, 0.2) is 42.5 Å². The predicted octanol–water partition coefficient (Wildman–Crippen LogP) is 4.12. The second-order valence-electron chi connectivity index (χ2n) is 7.14. The Kier molecular flexibility index (Phi) is 4.87. The van der Waals surface area contributed by atoms with Gasteiger partial charge in [-0.05, 0) is 37.1 Å². The number of alkyl halides is 4. The lowest BCUT2D eigenvalue weighted by molar-refractivity contribution is -0.172. The Hall–Kier alpha value is -2.61. The summed E-state index contributed by atoms with van der Waals surface area (Å²) in [6, 6.07) is 10.7. The number of hydrogen-bond donors (Lipinski definition) is 2. The molecule has 2 N–H and O–H groups in total. The number of carbonyl (C=O) groups excluding carboxylic acids is 1. The van der Waals surface area contributed by atoms with Gasteiger partial charge in [-0.3, -0.25) is 9.69 Å². The minimum Gasteiger partial charge on any atom is -0.508 e. The van der Waals surface area contributed by atoms with E-state index < -0.39 is 30.5 Å². The lowest BCUT2D eigenvalue weighted by Crippen LogP contribution is -2.45. The fraction of sp³-hybridized carbons (Fsp3) is 0.350. The monoisotopic (exact) mass is 396 g/mol. The number of aromatic hydroxyl groups is 1. The van der Waals surface area contributed by atoms with Gasteiger partial charge in [0, 0.05) is 11.3 Å². The number of benzene rings is 2. The number of phenolic OH excluding ortho intramolecular Hbond substituents is 1. The molecular weight excluding hydrogens is 376 g/mol. The molecule has 1 saturated heterocycles. The molecule has 1 atom stereocenters. The molecule has 0 bridgehead atoms. The maximum absolute atomic E-state index is 14.0. The Morgan fingerprint density at radius 2 is 1.64 bits per heavy atom. The summed E-state index contributed by atoms with van der Waals surface area (Å²) in [5.74, 6) is -8.42. The smallest absolute Gasteiger partial charge is 0.323 e. The summed E-state index contributed by atoms with van der Waals surface area (Å²) >= 11 is 0. The molecule has 8 heteroatoms. The summed E-state index contributed by atoms with van der Waals surface area (Å²) in [6.45, 7) is 0.985. The Morgan fingerprint density at radius 3 is 2.18 bits per heavy atom. The maximum Gasteiger partial charge on any atom is 0.323 e. The lowest BCUT2D eigenvalue weighted by atomic mass is 9.81. The Bertz CT molecular complexity index is 870. The van der Waals surface area contributed by atoms with Crippen LogP contribution in [0, 0.1) is 6.92 Å². The summed E-state index contributed by atoms with van der Waals surface area (Å²) in [5, 5.41) is 12.2. The van der Waals surface area contributed by atoms with E-state index in [0.29, 0.717) is 28.8 Å². The highest BCUT2D eigenvalue weighted by Gasteiger charge is 2.65. The Balaban J connectivity index is 2.24. The highest BCUT2D eigenvalue weighted by atomic mass is 19.3. The van der Waals surface area contributed by atoms with Crippen molar-refractivity contribution < 1.29 is 27.5 Å². The van der Waals surface area contributed by atoms with Crippen molar-refractivity contribution in [2.45, 2.75) is 31.2 Å². The van der Waals surface area contributed by atoms with E-state index in [2.05, 4.69) is 5.32 Å². The second-order valence-corrected chi connectivity index (χ2v) is 7.14. The van der Waals surface area contributed by atoms with E-state index in [0.717, 1.165) is 4.90 Å². The number of nitrogens with one attached hydrogen (secondary N) is 1. The molecule has 1 aliphatic rings. The van der Waals surface area contributed by atoms with Crippen LogP contribution < -0.4 is 5.32 Å². The average molecular weight is 396 g/mol. The topological polar surface area (TPSA) is 52.6 Å². The van der Waals surface area contributed by atoms with E-state index >= 15 is 0 Å². The molecule has 0 spiro atoms. The van der Waals surface area contributed by atoms with Crippen LogP contribution in [-0.4, -0.2) is 41.4 Å². The van der Waals surface area contributed by atoms with Crippen LogP contribution in [-0.2, 0) is 10.3 Å². The maximum atomic E-state index is 14.0. The third kappa shape index (κ3) is 3.11. The fourth-order valence-electron chi connectivity index (χ4n) is 3.70. The number of rotatable bonds is 5. The Morgan fingerprint density at radius 1 is 1.07 bits per heavy atom. The van der Waals surface area contributed by atoms with Crippen molar-refractivity contribution in [1.82, 2.24) is 4.90 Å². The quantitative estimate of drug-likeness (QED) is 0.591. The van der Waals surface area contributed by atoms with Gasteiger partial charge in [0.15, 0.2) is 0 Å². The number of carbonyl (C=O) groups is 1. The van der Waals surface area contributed by atoms with Crippen molar-refractivity contribution in [3.05, 3.63) is 59.2 Å². The lowest BCUT2D eigenvalue weighted by Gasteiger charge is -2.41. The molecule has 1 unspecified atom stereocenters. The van der Waals surface area contributed by atoms with Crippen LogP contribution in [0.2, 0.25) is 0 Å². The van der Waals surface area contributed by atoms with Gasteiger partial charge in [-0.2, -0.15) is 17.6 Å². The number of likely N-dealkylation sites (tertiary alicyclic amines) is 1. The van der Waals surface area contributed by atoms with E-state index in [1.54, 1.807) is 32.0 Å². The number of para-hydroxylation sites is 1. The number of halogens is 4. The zero-order chi connectivity index (χ0) is 20.7. The highest BCUT2D eigenvalue weighted by molar-refractivity contribution is 5.77. The number of phenols is 1. The van der Waals surface area contributed by atoms with Crippen LogP contribution in [0.4, 0.5) is 23.2 Å². The molecule has 1 aliphatic heterocycles. The van der Waals surface area contributed by atoms with Crippen molar-refractivity contribution in [3.63, 3.8) is 0 Å². The number of nitrogens with zero attached hydrogens (tertiary/aromatic N) is 1. The van der Waals surface area contributed by atoms with E-state index in [1.807, 2.05) is 0 Å². The second kappa shape index (κ2) is 6.77. The van der Waals surface area contributed by atoms with Crippen LogP contribution in [0.5, 0.6) is 5.75 Å². The number of anilines is 1. The molecule has 2 aromatic rings. The normalized spacial score (nSPS) is 20.5. The SMILES string of the molecule is Cc1cccc(C(C)(c2ccc(O)cc2)N2CC(F)(F)C(F)(F)C2)c1NC=O. The van der Waals surface area contributed by atoms with Crippen molar-refractivity contribution in [2.24, 2.45) is 0 Å². The van der Waals surface area contributed by atoms with E-state index in [4.69, 9.17) is 0 Å². The number of aryl methyl sites for hydroxylation is 1. The first-order valence-corrected chi connectivity index (χ1v) is 8.63. The first kappa shape index (κ1) is 20.1. The summed E-state index contributed by atoms with van der Waals surface area (Å²) in [7, 11) is 0. The van der Waals surface area contributed by atoms with E-state index in [-0.39, 0.29) is 5.75 Å². The molecule has 3 rings (SSSR count). The molecule has 0 aliphatic carbocycles. The minimum absolute atomic E-state index is 0.0429. The van der Waals surface area contributed by atoms with Crippen molar-refractivity contribution in [1.29, 1.82) is 0 Å². The van der Waals surface area contributed by atoms with Gasteiger partial charge in [0.25, 0.3) is 0 Å². The molecule has 1 heterocycles. The zero-order valence-electron chi connectivity index (χ0n) is 15.3. The molecule has 28 heavy (non-hydrogen) atoms. The van der Waals surface area contributed by atoms with Gasteiger partial charge < -0.3 is 10.4 Å². The van der Waals surface area contributed by atoms with Crippen molar-refractivity contribution >= 4 is 12.1 Å². The van der Waals surface area contributed by atoms with Crippen molar-refractivity contribution in [3.8, 4) is 5.75 Å². The Labute approximate surface area is 159 Å². The van der Waals surface area contributed by atoms with Gasteiger partial charge >= 0.3 is 11.8 Å². The molecule has 1 fully saturated rings. The summed E-state index contributed by atoms with van der Waals surface area (Å²) in [5.41, 5.74) is 0.449. The van der Waals surface area contributed by atoms with E-state index in [9.17, 15) is 27.5 Å². The predicted molar refractivity (Wildman–Crippen MR) is 96.9 cm³/mol. The molecule has 150 valence electrons. The minimum atomic E-state index is -4.19. The molecule has 0 aromatic heterocycles. The average Bonchev–Trinajstić information content (AvgIpc) is 2.85. The number of amides is 1. The van der Waals surface area contributed by atoms with Gasteiger partial charge in [0.05, 0.1) is 18.6 Å². The molecule has 0 radical (unpaired) electrons. The fourth-order valence-corrected chi connectivity index (χ4v) is 3.70. The van der Waals surface area contributed by atoms with Crippen LogP contribution in [0.3, 0.4) is 0 Å². The zero-order valence-corrected chi connectivity index (χ0v) is 15.3. The van der Waals surface area contributed by atoms with Gasteiger partial charge in [-0.25, -0.2) is 0 Å². The summed E-state index contributed by atoms with van der Waals surface area (Å²) in [4.78, 5) is 12.1. The van der Waals surface area contributed by atoms with Crippen LogP contribution in [0.25, 0.3) is 0 Å². The van der Waals surface area contributed by atoms with Gasteiger partial charge in [0.1, 0.15) is 5.75 Å². The molecule has 0 saturated carbocycles.